The minimum atomic E-state index is -0.204. The molecule has 0 unspecified atom stereocenters. The number of benzene rings is 1. The summed E-state index contributed by atoms with van der Waals surface area (Å²) in [7, 11) is 0. The number of rotatable bonds is 4. The van der Waals surface area contributed by atoms with E-state index in [1.807, 2.05) is 12.1 Å². The third-order valence-electron chi connectivity index (χ3n) is 3.54. The molecule has 2 heterocycles. The van der Waals surface area contributed by atoms with Crippen molar-refractivity contribution in [1.29, 1.82) is 0 Å². The molecule has 0 bridgehead atoms. The molecule has 0 saturated heterocycles. The zero-order chi connectivity index (χ0) is 16.6. The monoisotopic (exact) mass is 364 g/mol. The van der Waals surface area contributed by atoms with Gasteiger partial charge in [0.25, 0.3) is 0 Å². The summed E-state index contributed by atoms with van der Waals surface area (Å²) < 4.78 is 0. The van der Waals surface area contributed by atoms with Crippen molar-refractivity contribution in [3.63, 3.8) is 0 Å². The third-order valence-corrected chi connectivity index (χ3v) is 5.20. The zero-order valence-electron chi connectivity index (χ0n) is 12.4. The number of anilines is 1. The molecule has 0 aliphatic heterocycles. The van der Waals surface area contributed by atoms with E-state index in [0.29, 0.717) is 26.2 Å². The molecule has 3 aromatic rings. The Morgan fingerprint density at radius 1 is 1.26 bits per heavy atom. The Hall–Kier alpha value is -1.62. The topological polar surface area (TPSA) is 56.0 Å². The lowest BCUT2D eigenvalue weighted by Gasteiger charge is -2.03. The highest BCUT2D eigenvalue weighted by atomic mass is 35.5. The highest BCUT2D eigenvalue weighted by Gasteiger charge is 2.21. The lowest BCUT2D eigenvalue weighted by Crippen LogP contribution is -2.02. The SMILES string of the molecule is CCCc1ccc2c(N)c(C(=O)c3ccc(Cl)cc3Cl)sc2n1. The van der Waals surface area contributed by atoms with Gasteiger partial charge >= 0.3 is 0 Å². The van der Waals surface area contributed by atoms with Crippen molar-refractivity contribution in [2.75, 3.05) is 5.73 Å². The summed E-state index contributed by atoms with van der Waals surface area (Å²) in [5.41, 5.74) is 8.01. The molecule has 0 aliphatic carbocycles. The lowest BCUT2D eigenvalue weighted by atomic mass is 10.1. The number of pyridine rings is 1. The second-order valence-corrected chi connectivity index (χ2v) is 7.05. The average Bonchev–Trinajstić information content (AvgIpc) is 2.84. The fourth-order valence-electron chi connectivity index (χ4n) is 2.40. The molecule has 3 nitrogen and oxygen atoms in total. The van der Waals surface area contributed by atoms with Crippen molar-refractivity contribution >= 4 is 56.2 Å². The maximum Gasteiger partial charge on any atom is 0.206 e. The van der Waals surface area contributed by atoms with Crippen LogP contribution in [-0.2, 0) is 6.42 Å². The number of ketones is 1. The molecule has 1 aromatic carbocycles. The maximum atomic E-state index is 12.8. The molecular weight excluding hydrogens is 351 g/mol. The number of nitrogen functional groups attached to an aromatic ring is 1. The molecular formula is C17H14Cl2N2OS. The highest BCUT2D eigenvalue weighted by molar-refractivity contribution is 7.21. The van der Waals surface area contributed by atoms with Crippen LogP contribution in [0.5, 0.6) is 0 Å². The van der Waals surface area contributed by atoms with E-state index in [-0.39, 0.29) is 5.78 Å². The van der Waals surface area contributed by atoms with Crippen molar-refractivity contribution in [2.45, 2.75) is 19.8 Å². The lowest BCUT2D eigenvalue weighted by molar-refractivity contribution is 0.104. The van der Waals surface area contributed by atoms with E-state index in [1.165, 1.54) is 11.3 Å². The number of halogens is 2. The average molecular weight is 365 g/mol. The fourth-order valence-corrected chi connectivity index (χ4v) is 3.96. The molecule has 23 heavy (non-hydrogen) atoms. The number of aromatic nitrogens is 1. The Kier molecular flexibility index (Phi) is 4.57. The van der Waals surface area contributed by atoms with E-state index in [4.69, 9.17) is 28.9 Å². The van der Waals surface area contributed by atoms with Crippen molar-refractivity contribution in [1.82, 2.24) is 4.98 Å². The Balaban J connectivity index is 2.08. The van der Waals surface area contributed by atoms with Gasteiger partial charge in [0.05, 0.1) is 10.7 Å². The minimum Gasteiger partial charge on any atom is -0.397 e. The molecule has 0 amide bonds. The quantitative estimate of drug-likeness (QED) is 0.633. The molecule has 2 aromatic heterocycles. The predicted molar refractivity (Wildman–Crippen MR) is 97.9 cm³/mol. The number of carbonyl (C=O) groups is 1. The standard InChI is InChI=1S/C17H14Cl2N2OS/c1-2-3-10-5-7-12-14(20)16(23-17(12)21-10)15(22)11-6-4-9(18)8-13(11)19/h4-8H,2-3,20H2,1H3. The molecule has 0 atom stereocenters. The van der Waals surface area contributed by atoms with Crippen LogP contribution in [0.25, 0.3) is 10.2 Å². The van der Waals surface area contributed by atoms with Gasteiger partial charge in [-0.15, -0.1) is 11.3 Å². The Morgan fingerprint density at radius 3 is 2.74 bits per heavy atom. The van der Waals surface area contributed by atoms with Crippen LogP contribution in [0.2, 0.25) is 10.0 Å². The van der Waals surface area contributed by atoms with Crippen LogP contribution in [0.4, 0.5) is 5.69 Å². The van der Waals surface area contributed by atoms with Crippen LogP contribution in [-0.4, -0.2) is 10.8 Å². The number of hydrogen-bond donors (Lipinski definition) is 1. The van der Waals surface area contributed by atoms with Gasteiger partial charge in [-0.05, 0) is 36.8 Å². The first-order valence-corrected chi connectivity index (χ1v) is 8.76. The molecule has 6 heteroatoms. The Morgan fingerprint density at radius 2 is 2.04 bits per heavy atom. The highest BCUT2D eigenvalue weighted by Crippen LogP contribution is 2.35. The van der Waals surface area contributed by atoms with Crippen LogP contribution < -0.4 is 5.73 Å². The van der Waals surface area contributed by atoms with Crippen LogP contribution in [0.15, 0.2) is 30.3 Å². The van der Waals surface area contributed by atoms with Gasteiger partial charge in [-0.2, -0.15) is 0 Å². The van der Waals surface area contributed by atoms with Gasteiger partial charge in [0.1, 0.15) is 9.71 Å². The van der Waals surface area contributed by atoms with E-state index < -0.39 is 0 Å². The first kappa shape index (κ1) is 16.2. The first-order chi connectivity index (χ1) is 11.0. The maximum absolute atomic E-state index is 12.8. The molecule has 118 valence electrons. The summed E-state index contributed by atoms with van der Waals surface area (Å²) in [5, 5.41) is 1.61. The summed E-state index contributed by atoms with van der Waals surface area (Å²) in [6, 6.07) is 8.70. The van der Waals surface area contributed by atoms with Gasteiger partial charge < -0.3 is 5.73 Å². The second-order valence-electron chi connectivity index (χ2n) is 5.20. The van der Waals surface area contributed by atoms with Crippen molar-refractivity contribution in [3.05, 3.63) is 56.5 Å². The summed E-state index contributed by atoms with van der Waals surface area (Å²) >= 11 is 13.3. The number of fused-ring (bicyclic) bond motifs is 1. The molecule has 3 rings (SSSR count). The van der Waals surface area contributed by atoms with E-state index >= 15 is 0 Å². The predicted octanol–water partition coefficient (Wildman–Crippen LogP) is 5.37. The number of thiophene rings is 1. The summed E-state index contributed by atoms with van der Waals surface area (Å²) in [4.78, 5) is 18.6. The fraction of sp³-hybridized carbons (Fsp3) is 0.176. The van der Waals surface area contributed by atoms with E-state index in [9.17, 15) is 4.79 Å². The van der Waals surface area contributed by atoms with Gasteiger partial charge in [-0.3, -0.25) is 4.79 Å². The van der Waals surface area contributed by atoms with Crippen LogP contribution >= 0.6 is 34.5 Å². The van der Waals surface area contributed by atoms with Gasteiger partial charge in [0.2, 0.25) is 5.78 Å². The molecule has 0 fully saturated rings. The van der Waals surface area contributed by atoms with E-state index in [0.717, 1.165) is 28.8 Å². The van der Waals surface area contributed by atoms with Gasteiger partial charge in [0.15, 0.2) is 0 Å². The summed E-state index contributed by atoms with van der Waals surface area (Å²) in [5.74, 6) is -0.204. The minimum absolute atomic E-state index is 0.204. The number of nitrogens with zero attached hydrogens (tertiary/aromatic N) is 1. The first-order valence-electron chi connectivity index (χ1n) is 7.19. The molecule has 2 N–H and O–H groups in total. The molecule has 0 radical (unpaired) electrons. The molecule has 0 spiro atoms. The van der Waals surface area contributed by atoms with Crippen LogP contribution in [0.1, 0.15) is 34.3 Å². The van der Waals surface area contributed by atoms with Crippen molar-refractivity contribution in [3.8, 4) is 0 Å². The van der Waals surface area contributed by atoms with Crippen LogP contribution in [0.3, 0.4) is 0 Å². The number of hydrogen-bond acceptors (Lipinski definition) is 4. The van der Waals surface area contributed by atoms with Crippen molar-refractivity contribution < 1.29 is 4.79 Å². The largest absolute Gasteiger partial charge is 0.397 e. The summed E-state index contributed by atoms with van der Waals surface area (Å²) in [6.07, 6.45) is 1.92. The van der Waals surface area contributed by atoms with Gasteiger partial charge in [-0.1, -0.05) is 36.5 Å². The molecule has 0 saturated carbocycles. The van der Waals surface area contributed by atoms with E-state index in [1.54, 1.807) is 18.2 Å². The Labute approximate surface area is 148 Å². The zero-order valence-corrected chi connectivity index (χ0v) is 14.7. The number of nitrogens with two attached hydrogens (primary N) is 1. The normalized spacial score (nSPS) is 11.1. The van der Waals surface area contributed by atoms with E-state index in [2.05, 4.69) is 11.9 Å². The van der Waals surface area contributed by atoms with Gasteiger partial charge in [0, 0.05) is 21.7 Å². The smallest absolute Gasteiger partial charge is 0.206 e. The third kappa shape index (κ3) is 3.07. The number of aryl methyl sites for hydroxylation is 1. The summed E-state index contributed by atoms with van der Waals surface area (Å²) in [6.45, 7) is 2.10. The molecule has 0 aliphatic rings. The van der Waals surface area contributed by atoms with Gasteiger partial charge in [-0.25, -0.2) is 4.98 Å². The van der Waals surface area contributed by atoms with Crippen LogP contribution in [0, 0.1) is 0 Å². The number of carbonyl (C=O) groups excluding carboxylic acids is 1. The Bertz CT molecular complexity index is 905. The van der Waals surface area contributed by atoms with Crippen molar-refractivity contribution in [2.24, 2.45) is 0 Å². The second kappa shape index (κ2) is 6.48.